The van der Waals surface area contributed by atoms with E-state index in [1.807, 2.05) is 67.3 Å². The lowest BCUT2D eigenvalue weighted by Crippen LogP contribution is -2.50. The number of aromatic nitrogens is 4. The van der Waals surface area contributed by atoms with E-state index in [0.29, 0.717) is 12.4 Å². The topological polar surface area (TPSA) is 95.8 Å². The first kappa shape index (κ1) is 19.7. The summed E-state index contributed by atoms with van der Waals surface area (Å²) in [4.78, 5) is 13.8. The smallest absolute Gasteiger partial charge is 0.162 e. The van der Waals surface area contributed by atoms with Crippen molar-refractivity contribution in [3.8, 4) is 11.1 Å². The second-order valence-electron chi connectivity index (χ2n) is 8.83. The SMILES string of the molecule is CC(C)(O)CN1CCN(c2cnc3c(-c4cc(N)nc5ccccc45)cnn3c2)CC1. The first-order valence-electron chi connectivity index (χ1n) is 10.6. The monoisotopic (exact) mass is 417 g/mol. The number of anilines is 2. The Morgan fingerprint density at radius 3 is 2.61 bits per heavy atom. The van der Waals surface area contributed by atoms with Crippen LogP contribution in [0.15, 0.2) is 48.9 Å². The third kappa shape index (κ3) is 3.92. The van der Waals surface area contributed by atoms with Crippen LogP contribution in [0.5, 0.6) is 0 Å². The molecule has 1 aromatic carbocycles. The van der Waals surface area contributed by atoms with Crippen LogP contribution < -0.4 is 10.6 Å². The summed E-state index contributed by atoms with van der Waals surface area (Å²) >= 11 is 0. The number of β-amino-alcohol motifs (C(OH)–C–C–N with tert-alkyl or cyclic N) is 1. The number of fused-ring (bicyclic) bond motifs is 2. The quantitative estimate of drug-likeness (QED) is 0.526. The van der Waals surface area contributed by atoms with E-state index in [0.717, 1.165) is 59.5 Å². The van der Waals surface area contributed by atoms with Crippen LogP contribution in [0.3, 0.4) is 0 Å². The third-order valence-electron chi connectivity index (χ3n) is 5.72. The Hall–Kier alpha value is -3.23. The molecule has 8 nitrogen and oxygen atoms in total. The summed E-state index contributed by atoms with van der Waals surface area (Å²) in [5, 5.41) is 15.7. The Kier molecular flexibility index (Phi) is 4.75. The number of nitrogen functional groups attached to an aromatic ring is 1. The number of nitrogens with zero attached hydrogens (tertiary/aromatic N) is 6. The van der Waals surface area contributed by atoms with Gasteiger partial charge in [-0.2, -0.15) is 5.10 Å². The predicted octanol–water partition coefficient (Wildman–Crippen LogP) is 2.42. The fourth-order valence-corrected chi connectivity index (χ4v) is 4.35. The second-order valence-corrected chi connectivity index (χ2v) is 8.83. The molecule has 0 saturated carbocycles. The molecule has 0 unspecified atom stereocenters. The molecule has 3 aromatic heterocycles. The summed E-state index contributed by atoms with van der Waals surface area (Å²) < 4.78 is 1.83. The van der Waals surface area contributed by atoms with Gasteiger partial charge in [-0.3, -0.25) is 4.90 Å². The normalized spacial score (nSPS) is 15.8. The molecule has 5 rings (SSSR count). The minimum absolute atomic E-state index is 0.480. The average molecular weight is 418 g/mol. The van der Waals surface area contributed by atoms with Gasteiger partial charge < -0.3 is 15.7 Å². The highest BCUT2D eigenvalue weighted by atomic mass is 16.3. The molecule has 4 heterocycles. The van der Waals surface area contributed by atoms with E-state index in [2.05, 4.69) is 19.9 Å². The molecule has 0 amide bonds. The maximum Gasteiger partial charge on any atom is 0.162 e. The summed E-state index contributed by atoms with van der Waals surface area (Å²) in [6, 6.07) is 9.85. The zero-order valence-corrected chi connectivity index (χ0v) is 17.9. The van der Waals surface area contributed by atoms with Crippen LogP contribution >= 0.6 is 0 Å². The van der Waals surface area contributed by atoms with Gasteiger partial charge in [-0.1, -0.05) is 18.2 Å². The van der Waals surface area contributed by atoms with Crippen LogP contribution in [-0.2, 0) is 0 Å². The number of hydrogen-bond donors (Lipinski definition) is 2. The van der Waals surface area contributed by atoms with Crippen LogP contribution in [0.2, 0.25) is 0 Å². The number of hydrogen-bond acceptors (Lipinski definition) is 7. The molecule has 1 saturated heterocycles. The van der Waals surface area contributed by atoms with Crippen molar-refractivity contribution < 1.29 is 5.11 Å². The molecule has 0 bridgehead atoms. The fourth-order valence-electron chi connectivity index (χ4n) is 4.35. The van der Waals surface area contributed by atoms with Gasteiger partial charge in [0, 0.05) is 49.2 Å². The molecule has 0 spiro atoms. The van der Waals surface area contributed by atoms with E-state index in [-0.39, 0.29) is 0 Å². The van der Waals surface area contributed by atoms with Crippen molar-refractivity contribution in [1.29, 1.82) is 0 Å². The maximum atomic E-state index is 10.1. The van der Waals surface area contributed by atoms with Crippen molar-refractivity contribution in [2.45, 2.75) is 19.4 Å². The van der Waals surface area contributed by atoms with Gasteiger partial charge >= 0.3 is 0 Å². The molecule has 4 aromatic rings. The lowest BCUT2D eigenvalue weighted by molar-refractivity contribution is 0.0345. The van der Waals surface area contributed by atoms with Crippen molar-refractivity contribution in [2.24, 2.45) is 0 Å². The zero-order chi connectivity index (χ0) is 21.6. The van der Waals surface area contributed by atoms with Gasteiger partial charge in [0.15, 0.2) is 5.65 Å². The highest BCUT2D eigenvalue weighted by molar-refractivity contribution is 5.99. The summed E-state index contributed by atoms with van der Waals surface area (Å²) in [5.74, 6) is 0.480. The summed E-state index contributed by atoms with van der Waals surface area (Å²) in [6.45, 7) is 8.00. The van der Waals surface area contributed by atoms with E-state index in [9.17, 15) is 5.11 Å². The van der Waals surface area contributed by atoms with E-state index in [1.54, 1.807) is 0 Å². The van der Waals surface area contributed by atoms with Crippen LogP contribution in [0, 0.1) is 0 Å². The minimum Gasteiger partial charge on any atom is -0.389 e. The van der Waals surface area contributed by atoms with E-state index < -0.39 is 5.60 Å². The van der Waals surface area contributed by atoms with E-state index >= 15 is 0 Å². The van der Waals surface area contributed by atoms with E-state index in [1.165, 1.54) is 0 Å². The Labute approximate surface area is 180 Å². The largest absolute Gasteiger partial charge is 0.389 e. The van der Waals surface area contributed by atoms with Crippen molar-refractivity contribution in [3.63, 3.8) is 0 Å². The molecule has 31 heavy (non-hydrogen) atoms. The minimum atomic E-state index is -0.672. The van der Waals surface area contributed by atoms with Gasteiger partial charge in [0.25, 0.3) is 0 Å². The number of para-hydroxylation sites is 1. The highest BCUT2D eigenvalue weighted by Gasteiger charge is 2.23. The molecule has 1 aliphatic heterocycles. The van der Waals surface area contributed by atoms with Crippen LogP contribution in [0.1, 0.15) is 13.8 Å². The molecule has 3 N–H and O–H groups in total. The van der Waals surface area contributed by atoms with Gasteiger partial charge in [0.2, 0.25) is 0 Å². The Morgan fingerprint density at radius 1 is 1.06 bits per heavy atom. The zero-order valence-electron chi connectivity index (χ0n) is 17.9. The molecule has 1 aliphatic rings. The van der Waals surface area contributed by atoms with Crippen LogP contribution in [0.4, 0.5) is 11.5 Å². The van der Waals surface area contributed by atoms with Crippen LogP contribution in [0.25, 0.3) is 27.7 Å². The third-order valence-corrected chi connectivity index (χ3v) is 5.72. The average Bonchev–Trinajstić information content (AvgIpc) is 3.15. The Bertz CT molecular complexity index is 1240. The summed E-state index contributed by atoms with van der Waals surface area (Å²) in [7, 11) is 0. The first-order chi connectivity index (χ1) is 14.9. The summed E-state index contributed by atoms with van der Waals surface area (Å²) in [6.07, 6.45) is 5.79. The number of rotatable bonds is 4. The Balaban J connectivity index is 1.43. The number of piperazine rings is 1. The fraction of sp³-hybridized carbons (Fsp3) is 0.348. The number of aliphatic hydroxyl groups is 1. The number of nitrogens with two attached hydrogens (primary N) is 1. The second kappa shape index (κ2) is 7.47. The van der Waals surface area contributed by atoms with Crippen molar-refractivity contribution in [3.05, 3.63) is 48.9 Å². The predicted molar refractivity (Wildman–Crippen MR) is 123 cm³/mol. The first-order valence-corrected chi connectivity index (χ1v) is 10.6. The van der Waals surface area contributed by atoms with Gasteiger partial charge in [-0.05, 0) is 26.0 Å². The number of benzene rings is 1. The van der Waals surface area contributed by atoms with Crippen molar-refractivity contribution in [1.82, 2.24) is 24.5 Å². The van der Waals surface area contributed by atoms with Crippen LogP contribution in [-0.4, -0.2) is 67.9 Å². The van der Waals surface area contributed by atoms with Gasteiger partial charge in [0.05, 0.1) is 35.4 Å². The van der Waals surface area contributed by atoms with Crippen molar-refractivity contribution >= 4 is 28.1 Å². The molecule has 0 atom stereocenters. The van der Waals surface area contributed by atoms with Gasteiger partial charge in [0.1, 0.15) is 5.82 Å². The number of pyridine rings is 1. The molecular weight excluding hydrogens is 390 g/mol. The molecule has 0 radical (unpaired) electrons. The summed E-state index contributed by atoms with van der Waals surface area (Å²) in [5.41, 5.74) is 10.0. The maximum absolute atomic E-state index is 10.1. The standard InChI is InChI=1S/C23H27N7O/c1-23(2,31)15-28-7-9-29(10-8-28)16-12-25-22-19(13-26-30(22)14-16)18-11-21(24)27-20-6-4-3-5-17(18)20/h3-6,11-14,31H,7-10,15H2,1-2H3,(H2,24,27). The Morgan fingerprint density at radius 2 is 1.84 bits per heavy atom. The van der Waals surface area contributed by atoms with Crippen molar-refractivity contribution in [2.75, 3.05) is 43.4 Å². The lowest BCUT2D eigenvalue weighted by Gasteiger charge is -2.38. The van der Waals surface area contributed by atoms with Gasteiger partial charge in [-0.15, -0.1) is 0 Å². The molecule has 160 valence electrons. The molecule has 0 aliphatic carbocycles. The lowest BCUT2D eigenvalue weighted by atomic mass is 10.0. The molecule has 8 heteroatoms. The van der Waals surface area contributed by atoms with E-state index in [4.69, 9.17) is 10.7 Å². The highest BCUT2D eigenvalue weighted by Crippen LogP contribution is 2.32. The molecule has 1 fully saturated rings. The van der Waals surface area contributed by atoms with Gasteiger partial charge in [-0.25, -0.2) is 14.5 Å². The molecular formula is C23H27N7O.